The van der Waals surface area contributed by atoms with Gasteiger partial charge in [0.25, 0.3) is 0 Å². The molecule has 0 aliphatic heterocycles. The third kappa shape index (κ3) is 2.47. The number of para-hydroxylation sites is 1. The second-order valence-electron chi connectivity index (χ2n) is 7.29. The van der Waals surface area contributed by atoms with Crippen LogP contribution in [-0.4, -0.2) is 29.1 Å². The van der Waals surface area contributed by atoms with Crippen LogP contribution in [0.25, 0.3) is 50.1 Å². The number of nitrogens with one attached hydrogen (secondary N) is 1. The topological polar surface area (TPSA) is 89.8 Å². The van der Waals surface area contributed by atoms with Crippen LogP contribution < -0.4 is 5.73 Å². The number of anilines is 1. The largest absolute Gasteiger partial charge is 0.384 e. The van der Waals surface area contributed by atoms with E-state index < -0.39 is 0 Å². The summed E-state index contributed by atoms with van der Waals surface area (Å²) in [5, 5.41) is 6.83. The third-order valence-electron chi connectivity index (χ3n) is 5.38. The normalized spacial score (nSPS) is 11.8. The monoisotopic (exact) mass is 457 g/mol. The average Bonchev–Trinajstić information content (AvgIpc) is 3.43. The van der Waals surface area contributed by atoms with Gasteiger partial charge in [0.1, 0.15) is 11.5 Å². The maximum atomic E-state index is 6.38. The molecule has 0 aliphatic carbocycles. The molecule has 0 bridgehead atoms. The molecule has 6 rings (SSSR count). The number of hydrogen-bond acceptors (Lipinski definition) is 4. The van der Waals surface area contributed by atoms with Gasteiger partial charge in [0.2, 0.25) is 0 Å². The number of aromatic amines is 1. The minimum absolute atomic E-state index is 0.529. The number of nitrogens with two attached hydrogens (primary N) is 1. The fourth-order valence-electron chi connectivity index (χ4n) is 3.99. The number of halogens is 1. The zero-order valence-corrected chi connectivity index (χ0v) is 17.6. The van der Waals surface area contributed by atoms with Gasteiger partial charge in [0.05, 0.1) is 11.4 Å². The summed E-state index contributed by atoms with van der Waals surface area (Å²) in [5.74, 6) is 0.529. The van der Waals surface area contributed by atoms with Gasteiger partial charge in [-0.05, 0) is 28.1 Å². The molecule has 146 valence electrons. The highest BCUT2D eigenvalue weighted by molar-refractivity contribution is 9.10. The fourth-order valence-corrected chi connectivity index (χ4v) is 4.32. The molecule has 0 atom stereocenters. The summed E-state index contributed by atoms with van der Waals surface area (Å²) in [6.07, 6.45) is 5.79. The molecule has 0 fully saturated rings. The second-order valence-corrected chi connectivity index (χ2v) is 8.21. The van der Waals surface area contributed by atoms with Gasteiger partial charge >= 0.3 is 0 Å². The SMILES string of the molecule is Cn1cc(-c2cc(N)n3nc(-c4c[nH]c5ccccc45)cc3n2)c2cc(Br)cnc21. The van der Waals surface area contributed by atoms with Gasteiger partial charge in [-0.3, -0.25) is 0 Å². The van der Waals surface area contributed by atoms with Crippen LogP contribution in [0, 0.1) is 0 Å². The van der Waals surface area contributed by atoms with Crippen LogP contribution in [0.1, 0.15) is 0 Å². The highest BCUT2D eigenvalue weighted by Gasteiger charge is 2.16. The molecular weight excluding hydrogens is 442 g/mol. The van der Waals surface area contributed by atoms with Gasteiger partial charge in [0.15, 0.2) is 5.65 Å². The number of rotatable bonds is 2. The summed E-state index contributed by atoms with van der Waals surface area (Å²) in [4.78, 5) is 12.7. The van der Waals surface area contributed by atoms with Gasteiger partial charge in [0, 0.05) is 69.7 Å². The highest BCUT2D eigenvalue weighted by atomic mass is 79.9. The number of hydrogen-bond donors (Lipinski definition) is 2. The smallest absolute Gasteiger partial charge is 0.158 e. The molecule has 0 amide bonds. The Morgan fingerprint density at radius 3 is 2.80 bits per heavy atom. The van der Waals surface area contributed by atoms with Crippen molar-refractivity contribution in [2.24, 2.45) is 7.05 Å². The van der Waals surface area contributed by atoms with Crippen LogP contribution in [0.15, 0.2) is 65.5 Å². The molecule has 0 saturated heterocycles. The summed E-state index contributed by atoms with van der Waals surface area (Å²) < 4.78 is 4.59. The van der Waals surface area contributed by atoms with Crippen molar-refractivity contribution < 1.29 is 0 Å². The van der Waals surface area contributed by atoms with E-state index >= 15 is 0 Å². The maximum Gasteiger partial charge on any atom is 0.158 e. The maximum absolute atomic E-state index is 6.38. The molecule has 7 nitrogen and oxygen atoms in total. The minimum Gasteiger partial charge on any atom is -0.384 e. The lowest BCUT2D eigenvalue weighted by Gasteiger charge is -2.03. The molecule has 0 radical (unpaired) electrons. The van der Waals surface area contributed by atoms with Crippen molar-refractivity contribution in [1.82, 2.24) is 29.1 Å². The van der Waals surface area contributed by atoms with E-state index in [1.807, 2.05) is 60.4 Å². The van der Waals surface area contributed by atoms with E-state index in [2.05, 4.69) is 32.0 Å². The predicted molar refractivity (Wildman–Crippen MR) is 122 cm³/mol. The summed E-state index contributed by atoms with van der Waals surface area (Å²) in [7, 11) is 1.97. The Bertz CT molecular complexity index is 1590. The molecular formula is C22H16BrN7. The molecule has 6 aromatic rings. The molecule has 0 spiro atoms. The molecule has 0 saturated carbocycles. The summed E-state index contributed by atoms with van der Waals surface area (Å²) >= 11 is 3.51. The van der Waals surface area contributed by atoms with Crippen molar-refractivity contribution >= 4 is 49.3 Å². The number of aryl methyl sites for hydroxylation is 1. The van der Waals surface area contributed by atoms with Gasteiger partial charge in [-0.1, -0.05) is 18.2 Å². The number of fused-ring (bicyclic) bond motifs is 3. The number of benzene rings is 1. The van der Waals surface area contributed by atoms with Crippen LogP contribution in [-0.2, 0) is 7.05 Å². The van der Waals surface area contributed by atoms with Crippen LogP contribution in [0.4, 0.5) is 5.82 Å². The van der Waals surface area contributed by atoms with Crippen LogP contribution in [0.2, 0.25) is 0 Å². The fraction of sp³-hybridized carbons (Fsp3) is 0.0455. The van der Waals surface area contributed by atoms with Crippen LogP contribution in [0.3, 0.4) is 0 Å². The number of H-pyrrole nitrogens is 1. The van der Waals surface area contributed by atoms with Gasteiger partial charge in [-0.25, -0.2) is 9.97 Å². The van der Waals surface area contributed by atoms with Crippen molar-refractivity contribution in [3.63, 3.8) is 0 Å². The van der Waals surface area contributed by atoms with E-state index in [0.717, 1.165) is 48.9 Å². The first kappa shape index (κ1) is 17.2. The van der Waals surface area contributed by atoms with Crippen LogP contribution >= 0.6 is 15.9 Å². The van der Waals surface area contributed by atoms with Crippen molar-refractivity contribution in [1.29, 1.82) is 0 Å². The van der Waals surface area contributed by atoms with E-state index in [1.54, 1.807) is 10.7 Å². The Morgan fingerprint density at radius 1 is 1.03 bits per heavy atom. The van der Waals surface area contributed by atoms with Crippen LogP contribution in [0.5, 0.6) is 0 Å². The first-order valence-electron chi connectivity index (χ1n) is 9.42. The van der Waals surface area contributed by atoms with Gasteiger partial charge < -0.3 is 15.3 Å². The van der Waals surface area contributed by atoms with Gasteiger partial charge in [-0.15, -0.1) is 0 Å². The summed E-state index contributed by atoms with van der Waals surface area (Å²) in [6, 6.07) is 14.0. The third-order valence-corrected chi connectivity index (χ3v) is 5.81. The molecule has 5 heterocycles. The Morgan fingerprint density at radius 2 is 1.90 bits per heavy atom. The van der Waals surface area contributed by atoms with Crippen molar-refractivity contribution in [2.45, 2.75) is 0 Å². The van der Waals surface area contributed by atoms with E-state index in [4.69, 9.17) is 15.8 Å². The first-order valence-corrected chi connectivity index (χ1v) is 10.2. The Balaban J connectivity index is 1.56. The molecule has 1 aromatic carbocycles. The summed E-state index contributed by atoms with van der Waals surface area (Å²) in [6.45, 7) is 0. The lowest BCUT2D eigenvalue weighted by molar-refractivity contribution is 0.945. The second kappa shape index (κ2) is 6.17. The summed E-state index contributed by atoms with van der Waals surface area (Å²) in [5.41, 5.74) is 12.6. The quantitative estimate of drug-likeness (QED) is 0.391. The predicted octanol–water partition coefficient (Wildman–Crippen LogP) is 4.78. The van der Waals surface area contributed by atoms with Gasteiger partial charge in [-0.2, -0.15) is 9.61 Å². The minimum atomic E-state index is 0.529. The number of nitrogen functional groups attached to an aromatic ring is 1. The number of pyridine rings is 1. The van der Waals surface area contributed by atoms with Crippen molar-refractivity contribution in [3.05, 3.63) is 65.5 Å². The number of nitrogens with zero attached hydrogens (tertiary/aromatic N) is 5. The molecule has 0 aliphatic rings. The van der Waals surface area contributed by atoms with Crippen molar-refractivity contribution in [3.8, 4) is 22.5 Å². The molecule has 3 N–H and O–H groups in total. The Labute approximate surface area is 179 Å². The highest BCUT2D eigenvalue weighted by Crippen LogP contribution is 2.33. The zero-order chi connectivity index (χ0) is 20.4. The lowest BCUT2D eigenvalue weighted by atomic mass is 10.1. The number of aromatic nitrogens is 6. The van der Waals surface area contributed by atoms with E-state index in [1.165, 1.54) is 0 Å². The zero-order valence-electron chi connectivity index (χ0n) is 16.0. The molecule has 8 heteroatoms. The molecule has 0 unspecified atom stereocenters. The molecule has 5 aromatic heterocycles. The average molecular weight is 458 g/mol. The Kier molecular flexibility index (Phi) is 3.54. The van der Waals surface area contributed by atoms with E-state index in [9.17, 15) is 0 Å². The molecule has 30 heavy (non-hydrogen) atoms. The Hall–Kier alpha value is -3.65. The van der Waals surface area contributed by atoms with Crippen molar-refractivity contribution in [2.75, 3.05) is 5.73 Å². The van der Waals surface area contributed by atoms with E-state index in [0.29, 0.717) is 11.5 Å². The van der Waals surface area contributed by atoms with E-state index in [-0.39, 0.29) is 0 Å². The lowest BCUT2D eigenvalue weighted by Crippen LogP contribution is -2.01. The first-order chi connectivity index (χ1) is 14.6. The standard InChI is InChI=1S/C22H16BrN7/c1-29-11-16(14-6-12(23)9-26-22(14)29)18-7-20(24)30-21(27-18)8-19(28-30)15-10-25-17-5-3-2-4-13(15)17/h2-11,25H,24H2,1H3.